The minimum Gasteiger partial charge on any atom is -0.394 e. The fourth-order valence-electron chi connectivity index (χ4n) is 1.99. The molecule has 1 aliphatic heterocycles. The summed E-state index contributed by atoms with van der Waals surface area (Å²) in [7, 11) is 0. The highest BCUT2D eigenvalue weighted by Crippen LogP contribution is 2.27. The van der Waals surface area contributed by atoms with Gasteiger partial charge in [-0.25, -0.2) is 4.79 Å². The summed E-state index contributed by atoms with van der Waals surface area (Å²) < 4.78 is 6.20. The SMILES string of the molecule is O=c1[nH]c(=O)n(C2O[C@H](CO)[C@@H](O)[C@@H]2O)cc1/C=C/Br. The number of nitrogens with zero attached hydrogens (tertiary/aromatic N) is 1. The summed E-state index contributed by atoms with van der Waals surface area (Å²) in [5.74, 6) is 0. The van der Waals surface area contributed by atoms with Gasteiger partial charge in [0.2, 0.25) is 0 Å². The third-order valence-electron chi connectivity index (χ3n) is 3.03. The molecule has 1 aliphatic rings. The fourth-order valence-corrected chi connectivity index (χ4v) is 2.27. The maximum Gasteiger partial charge on any atom is 0.330 e. The third kappa shape index (κ3) is 2.63. The van der Waals surface area contributed by atoms with E-state index < -0.39 is 42.4 Å². The van der Waals surface area contributed by atoms with E-state index in [4.69, 9.17) is 9.84 Å². The first-order chi connectivity index (χ1) is 9.49. The van der Waals surface area contributed by atoms with Gasteiger partial charge < -0.3 is 20.1 Å². The van der Waals surface area contributed by atoms with Gasteiger partial charge >= 0.3 is 5.69 Å². The number of aromatic amines is 1. The highest BCUT2D eigenvalue weighted by atomic mass is 79.9. The van der Waals surface area contributed by atoms with Crippen LogP contribution >= 0.6 is 15.9 Å². The van der Waals surface area contributed by atoms with E-state index in [1.807, 2.05) is 0 Å². The zero-order valence-electron chi connectivity index (χ0n) is 10.1. The van der Waals surface area contributed by atoms with Crippen molar-refractivity contribution in [2.75, 3.05) is 6.61 Å². The van der Waals surface area contributed by atoms with E-state index in [1.165, 1.54) is 17.3 Å². The quantitative estimate of drug-likeness (QED) is 0.527. The highest BCUT2D eigenvalue weighted by Gasteiger charge is 2.43. The monoisotopic (exact) mass is 348 g/mol. The molecule has 8 nitrogen and oxygen atoms in total. The second-order valence-electron chi connectivity index (χ2n) is 4.27. The largest absolute Gasteiger partial charge is 0.394 e. The molecule has 0 aliphatic carbocycles. The molecule has 2 rings (SSSR count). The van der Waals surface area contributed by atoms with Crippen LogP contribution in [0.2, 0.25) is 0 Å². The molecule has 20 heavy (non-hydrogen) atoms. The molecule has 0 bridgehead atoms. The predicted octanol–water partition coefficient (Wildman–Crippen LogP) is -1.49. The van der Waals surface area contributed by atoms with Gasteiger partial charge in [0.05, 0.1) is 12.2 Å². The van der Waals surface area contributed by atoms with Crippen LogP contribution in [-0.4, -0.2) is 49.8 Å². The first-order valence-corrected chi connectivity index (χ1v) is 6.66. The number of hydrogen-bond donors (Lipinski definition) is 4. The summed E-state index contributed by atoms with van der Waals surface area (Å²) in [6.07, 6.45) is -2.27. The van der Waals surface area contributed by atoms with Crippen molar-refractivity contribution in [2.45, 2.75) is 24.5 Å². The molecule has 1 fully saturated rings. The van der Waals surface area contributed by atoms with Gasteiger partial charge in [-0.3, -0.25) is 14.3 Å². The van der Waals surface area contributed by atoms with Crippen LogP contribution < -0.4 is 11.2 Å². The Kier molecular flexibility index (Phi) is 4.55. The van der Waals surface area contributed by atoms with Crippen LogP contribution in [0.3, 0.4) is 0 Å². The molecule has 0 saturated carbocycles. The summed E-state index contributed by atoms with van der Waals surface area (Å²) in [5, 5.41) is 28.5. The Bertz CT molecular complexity index is 624. The number of nitrogens with one attached hydrogen (secondary N) is 1. The number of aliphatic hydroxyl groups excluding tert-OH is 3. The van der Waals surface area contributed by atoms with Crippen LogP contribution in [0.4, 0.5) is 0 Å². The van der Waals surface area contributed by atoms with E-state index in [0.29, 0.717) is 0 Å². The molecule has 0 radical (unpaired) electrons. The van der Waals surface area contributed by atoms with E-state index in [0.717, 1.165) is 4.57 Å². The van der Waals surface area contributed by atoms with Gasteiger partial charge in [0.25, 0.3) is 5.56 Å². The summed E-state index contributed by atoms with van der Waals surface area (Å²) in [6, 6.07) is 0. The topological polar surface area (TPSA) is 125 Å². The fraction of sp³-hybridized carbons (Fsp3) is 0.455. The van der Waals surface area contributed by atoms with Crippen molar-refractivity contribution in [3.05, 3.63) is 37.6 Å². The Labute approximate surface area is 121 Å². The summed E-state index contributed by atoms with van der Waals surface area (Å²) in [6.45, 7) is -0.499. The number of ether oxygens (including phenoxy) is 1. The molecule has 0 amide bonds. The van der Waals surface area contributed by atoms with Gasteiger partial charge in [-0.1, -0.05) is 15.9 Å². The van der Waals surface area contributed by atoms with E-state index in [9.17, 15) is 19.8 Å². The molecule has 1 aromatic rings. The molecular weight excluding hydrogens is 336 g/mol. The van der Waals surface area contributed by atoms with Crippen LogP contribution in [-0.2, 0) is 4.74 Å². The second-order valence-corrected chi connectivity index (χ2v) is 4.80. The van der Waals surface area contributed by atoms with Gasteiger partial charge in [0.15, 0.2) is 6.23 Å². The lowest BCUT2D eigenvalue weighted by molar-refractivity contribution is -0.0550. The second kappa shape index (κ2) is 6.02. The minimum absolute atomic E-state index is 0.166. The van der Waals surface area contributed by atoms with Gasteiger partial charge in [-0.2, -0.15) is 0 Å². The van der Waals surface area contributed by atoms with E-state index in [1.54, 1.807) is 0 Å². The van der Waals surface area contributed by atoms with Crippen molar-refractivity contribution in [2.24, 2.45) is 0 Å². The van der Waals surface area contributed by atoms with Crippen molar-refractivity contribution < 1.29 is 20.1 Å². The lowest BCUT2D eigenvalue weighted by atomic mass is 10.1. The number of aromatic nitrogens is 2. The van der Waals surface area contributed by atoms with Gasteiger partial charge in [0, 0.05) is 6.20 Å². The van der Waals surface area contributed by atoms with Crippen LogP contribution in [0.5, 0.6) is 0 Å². The maximum atomic E-state index is 11.8. The predicted molar refractivity (Wildman–Crippen MR) is 72.3 cm³/mol. The zero-order valence-corrected chi connectivity index (χ0v) is 11.7. The van der Waals surface area contributed by atoms with Gasteiger partial charge in [-0.05, 0) is 11.1 Å². The normalized spacial score (nSPS) is 30.2. The Balaban J connectivity index is 2.46. The number of halogens is 1. The smallest absolute Gasteiger partial charge is 0.330 e. The lowest BCUT2D eigenvalue weighted by Crippen LogP contribution is -2.38. The minimum atomic E-state index is -1.39. The van der Waals surface area contributed by atoms with Crippen molar-refractivity contribution in [1.29, 1.82) is 0 Å². The Morgan fingerprint density at radius 2 is 2.10 bits per heavy atom. The summed E-state index contributed by atoms with van der Waals surface area (Å²) >= 11 is 3.01. The van der Waals surface area contributed by atoms with E-state index >= 15 is 0 Å². The average Bonchev–Trinajstić information content (AvgIpc) is 2.70. The van der Waals surface area contributed by atoms with Crippen LogP contribution in [0, 0.1) is 0 Å². The van der Waals surface area contributed by atoms with Gasteiger partial charge in [-0.15, -0.1) is 0 Å². The van der Waals surface area contributed by atoms with Crippen molar-refractivity contribution in [3.8, 4) is 0 Å². The van der Waals surface area contributed by atoms with E-state index in [2.05, 4.69) is 20.9 Å². The molecule has 0 spiro atoms. The Hall–Kier alpha value is -1.26. The molecule has 110 valence electrons. The Morgan fingerprint density at radius 1 is 1.40 bits per heavy atom. The molecule has 1 aromatic heterocycles. The zero-order chi connectivity index (χ0) is 14.9. The average molecular weight is 349 g/mol. The molecule has 0 aromatic carbocycles. The lowest BCUT2D eigenvalue weighted by Gasteiger charge is -2.17. The summed E-state index contributed by atoms with van der Waals surface area (Å²) in [5.41, 5.74) is -1.20. The number of hydrogen-bond acceptors (Lipinski definition) is 6. The van der Waals surface area contributed by atoms with Crippen LogP contribution in [0.1, 0.15) is 11.8 Å². The number of H-pyrrole nitrogens is 1. The van der Waals surface area contributed by atoms with Crippen LogP contribution in [0.25, 0.3) is 6.08 Å². The first-order valence-electron chi connectivity index (χ1n) is 5.74. The molecule has 9 heteroatoms. The Morgan fingerprint density at radius 3 is 2.65 bits per heavy atom. The number of rotatable bonds is 3. The molecule has 4 N–H and O–H groups in total. The number of aliphatic hydroxyl groups is 3. The van der Waals surface area contributed by atoms with Crippen molar-refractivity contribution in [3.63, 3.8) is 0 Å². The summed E-state index contributed by atoms with van der Waals surface area (Å²) in [4.78, 5) is 26.8. The molecule has 2 heterocycles. The van der Waals surface area contributed by atoms with Crippen LogP contribution in [0.15, 0.2) is 20.8 Å². The standard InChI is InChI=1S/C11H13BrN2O6/c12-2-1-5-3-14(11(19)13-9(5)18)10-8(17)7(16)6(4-15)20-10/h1-3,6-8,10,15-17H,4H2,(H,13,18,19)/b2-1+/t6-,7-,8+,10?/m1/s1. The molecule has 1 unspecified atom stereocenters. The van der Waals surface area contributed by atoms with E-state index in [-0.39, 0.29) is 5.56 Å². The van der Waals surface area contributed by atoms with Crippen molar-refractivity contribution in [1.82, 2.24) is 9.55 Å². The van der Waals surface area contributed by atoms with Crippen molar-refractivity contribution >= 4 is 22.0 Å². The molecule has 1 saturated heterocycles. The maximum absolute atomic E-state index is 11.8. The highest BCUT2D eigenvalue weighted by molar-refractivity contribution is 9.11. The molecule has 4 atom stereocenters. The van der Waals surface area contributed by atoms with Gasteiger partial charge in [0.1, 0.15) is 18.3 Å². The molecular formula is C11H13BrN2O6. The third-order valence-corrected chi connectivity index (χ3v) is 3.29. The first kappa shape index (κ1) is 15.1.